The van der Waals surface area contributed by atoms with Crippen molar-refractivity contribution in [2.75, 3.05) is 38.3 Å². The van der Waals surface area contributed by atoms with Crippen molar-refractivity contribution in [3.63, 3.8) is 0 Å². The topological polar surface area (TPSA) is 102 Å². The lowest BCUT2D eigenvalue weighted by molar-refractivity contribution is -0.151. The fraction of sp³-hybridized carbons (Fsp3) is 0.917. The van der Waals surface area contributed by atoms with Gasteiger partial charge in [-0.15, -0.1) is 0 Å². The number of methoxy groups -OCH3 is 1. The Kier molecular flexibility index (Phi) is 8.26. The highest BCUT2D eigenvalue weighted by Gasteiger charge is 2.24. The van der Waals surface area contributed by atoms with Crippen LogP contribution in [0.5, 0.6) is 0 Å². The molecule has 1 unspecified atom stereocenters. The largest absolute Gasteiger partial charge is 0.459 e. The molecule has 0 aromatic rings. The second-order valence-corrected chi connectivity index (χ2v) is 7.60. The van der Waals surface area contributed by atoms with Crippen LogP contribution in [0.2, 0.25) is 0 Å². The molecular weight excluding hydrogens is 286 g/mol. The number of hydrogen-bond acceptors (Lipinski definition) is 7. The highest BCUT2D eigenvalue weighted by Crippen LogP contribution is 2.08. The maximum Gasteiger partial charge on any atom is 0.321 e. The standard InChI is InChI=1S/C12H25NO6S/c1-12(2,3)19-11(15)9-20(16,17)8-10(14)7-13-5-6-18-4/h10,13-14H,5-9H2,1-4H3. The van der Waals surface area contributed by atoms with Crippen molar-refractivity contribution in [2.45, 2.75) is 32.5 Å². The van der Waals surface area contributed by atoms with Gasteiger partial charge in [0.05, 0.1) is 18.5 Å². The molecule has 0 saturated carbocycles. The monoisotopic (exact) mass is 311 g/mol. The maximum absolute atomic E-state index is 11.7. The summed E-state index contributed by atoms with van der Waals surface area (Å²) >= 11 is 0. The third kappa shape index (κ3) is 11.2. The summed E-state index contributed by atoms with van der Waals surface area (Å²) in [6, 6.07) is 0. The number of aliphatic hydroxyl groups is 1. The van der Waals surface area contributed by atoms with Crippen LogP contribution in [0.25, 0.3) is 0 Å². The Bertz CT molecular complexity index is 387. The van der Waals surface area contributed by atoms with Gasteiger partial charge in [0, 0.05) is 20.2 Å². The average molecular weight is 311 g/mol. The van der Waals surface area contributed by atoms with E-state index >= 15 is 0 Å². The molecular formula is C12H25NO6S. The Morgan fingerprint density at radius 2 is 1.95 bits per heavy atom. The van der Waals surface area contributed by atoms with Crippen molar-refractivity contribution in [1.29, 1.82) is 0 Å². The first-order valence-corrected chi connectivity index (χ1v) is 8.18. The first kappa shape index (κ1) is 19.3. The zero-order valence-electron chi connectivity index (χ0n) is 12.5. The van der Waals surface area contributed by atoms with E-state index in [1.54, 1.807) is 27.9 Å². The van der Waals surface area contributed by atoms with E-state index in [0.29, 0.717) is 13.2 Å². The van der Waals surface area contributed by atoms with E-state index in [9.17, 15) is 18.3 Å². The summed E-state index contributed by atoms with van der Waals surface area (Å²) in [5.41, 5.74) is -0.729. The first-order valence-electron chi connectivity index (χ1n) is 6.36. The third-order valence-electron chi connectivity index (χ3n) is 2.07. The molecule has 0 aromatic heterocycles. The van der Waals surface area contributed by atoms with Crippen LogP contribution in [0.1, 0.15) is 20.8 Å². The molecule has 0 aliphatic carbocycles. The summed E-state index contributed by atoms with van der Waals surface area (Å²) in [7, 11) is -2.15. The molecule has 0 aliphatic rings. The molecule has 0 heterocycles. The Balaban J connectivity index is 4.14. The van der Waals surface area contributed by atoms with Crippen molar-refractivity contribution >= 4 is 15.8 Å². The summed E-state index contributed by atoms with van der Waals surface area (Å²) in [6.07, 6.45) is -1.07. The van der Waals surface area contributed by atoms with E-state index in [0.717, 1.165) is 0 Å². The zero-order chi connectivity index (χ0) is 15.8. The van der Waals surface area contributed by atoms with Gasteiger partial charge in [0.1, 0.15) is 11.4 Å². The Morgan fingerprint density at radius 3 is 2.45 bits per heavy atom. The lowest BCUT2D eigenvalue weighted by atomic mass is 10.2. The number of nitrogens with one attached hydrogen (secondary N) is 1. The van der Waals surface area contributed by atoms with Gasteiger partial charge in [0.15, 0.2) is 9.84 Å². The molecule has 0 aliphatic heterocycles. The van der Waals surface area contributed by atoms with Crippen LogP contribution in [-0.2, 0) is 24.1 Å². The van der Waals surface area contributed by atoms with Crippen LogP contribution in [0, 0.1) is 0 Å². The average Bonchev–Trinajstić information content (AvgIpc) is 2.19. The van der Waals surface area contributed by atoms with Crippen molar-refractivity contribution in [3.8, 4) is 0 Å². The molecule has 0 aromatic carbocycles. The first-order chi connectivity index (χ1) is 9.06. The van der Waals surface area contributed by atoms with E-state index < -0.39 is 39.0 Å². The number of esters is 1. The number of carbonyl (C=O) groups excluding carboxylic acids is 1. The Morgan fingerprint density at radius 1 is 1.35 bits per heavy atom. The van der Waals surface area contributed by atoms with Crippen LogP contribution in [-0.4, -0.2) is 69.5 Å². The van der Waals surface area contributed by atoms with Crippen LogP contribution in [0.3, 0.4) is 0 Å². The molecule has 0 radical (unpaired) electrons. The van der Waals surface area contributed by atoms with Crippen LogP contribution >= 0.6 is 0 Å². The minimum absolute atomic E-state index is 0.122. The van der Waals surface area contributed by atoms with Crippen molar-refractivity contribution in [1.82, 2.24) is 5.32 Å². The van der Waals surface area contributed by atoms with Crippen LogP contribution in [0.15, 0.2) is 0 Å². The van der Waals surface area contributed by atoms with E-state index in [1.807, 2.05) is 0 Å². The van der Waals surface area contributed by atoms with Crippen LogP contribution in [0.4, 0.5) is 0 Å². The molecule has 0 amide bonds. The van der Waals surface area contributed by atoms with Gasteiger partial charge in [0.2, 0.25) is 0 Å². The zero-order valence-corrected chi connectivity index (χ0v) is 13.3. The Labute approximate surface area is 120 Å². The highest BCUT2D eigenvalue weighted by molar-refractivity contribution is 7.92. The minimum Gasteiger partial charge on any atom is -0.459 e. The summed E-state index contributed by atoms with van der Waals surface area (Å²) in [6.45, 7) is 6.08. The number of rotatable bonds is 9. The van der Waals surface area contributed by atoms with Gasteiger partial charge in [-0.05, 0) is 20.8 Å². The molecule has 0 spiro atoms. The predicted molar refractivity (Wildman–Crippen MR) is 75.3 cm³/mol. The van der Waals surface area contributed by atoms with E-state index in [2.05, 4.69) is 5.32 Å². The number of hydrogen-bond donors (Lipinski definition) is 2. The molecule has 120 valence electrons. The molecule has 0 rings (SSSR count). The predicted octanol–water partition coefficient (Wildman–Crippen LogP) is -0.660. The molecule has 0 bridgehead atoms. The lowest BCUT2D eigenvalue weighted by Crippen LogP contribution is -2.36. The van der Waals surface area contributed by atoms with Gasteiger partial charge in [-0.3, -0.25) is 4.79 Å². The molecule has 7 nitrogen and oxygen atoms in total. The van der Waals surface area contributed by atoms with Crippen molar-refractivity contribution in [3.05, 3.63) is 0 Å². The maximum atomic E-state index is 11.7. The summed E-state index contributed by atoms with van der Waals surface area (Å²) in [4.78, 5) is 11.4. The number of sulfone groups is 1. The molecule has 8 heteroatoms. The van der Waals surface area contributed by atoms with Crippen LogP contribution < -0.4 is 5.32 Å². The van der Waals surface area contributed by atoms with Gasteiger partial charge in [0.25, 0.3) is 0 Å². The molecule has 20 heavy (non-hydrogen) atoms. The second kappa shape index (κ2) is 8.56. The molecule has 2 N–H and O–H groups in total. The van der Waals surface area contributed by atoms with E-state index in [4.69, 9.17) is 9.47 Å². The third-order valence-corrected chi connectivity index (χ3v) is 3.64. The molecule has 0 saturated heterocycles. The van der Waals surface area contributed by atoms with E-state index in [-0.39, 0.29) is 6.54 Å². The van der Waals surface area contributed by atoms with Gasteiger partial charge in [-0.25, -0.2) is 8.42 Å². The smallest absolute Gasteiger partial charge is 0.321 e. The highest BCUT2D eigenvalue weighted by atomic mass is 32.2. The minimum atomic E-state index is -3.69. The second-order valence-electron chi connectivity index (χ2n) is 5.49. The lowest BCUT2D eigenvalue weighted by Gasteiger charge is -2.19. The van der Waals surface area contributed by atoms with Crippen molar-refractivity contribution < 1.29 is 27.8 Å². The van der Waals surface area contributed by atoms with Crippen molar-refractivity contribution in [2.24, 2.45) is 0 Å². The van der Waals surface area contributed by atoms with Gasteiger partial charge in [-0.1, -0.05) is 0 Å². The summed E-state index contributed by atoms with van der Waals surface area (Å²) in [5, 5.41) is 12.4. The number of ether oxygens (including phenoxy) is 2. The summed E-state index contributed by atoms with van der Waals surface area (Å²) < 4.78 is 33.2. The fourth-order valence-corrected chi connectivity index (χ4v) is 2.64. The Hall–Kier alpha value is -0.700. The number of carbonyl (C=O) groups is 1. The van der Waals surface area contributed by atoms with Gasteiger partial charge < -0.3 is 19.9 Å². The number of aliphatic hydroxyl groups excluding tert-OH is 1. The normalized spacial score (nSPS) is 14.1. The van der Waals surface area contributed by atoms with E-state index in [1.165, 1.54) is 0 Å². The van der Waals surface area contributed by atoms with Gasteiger partial charge >= 0.3 is 5.97 Å². The molecule has 0 fully saturated rings. The summed E-state index contributed by atoms with van der Waals surface area (Å²) in [5.74, 6) is -2.01. The fourth-order valence-electron chi connectivity index (χ4n) is 1.40. The quantitative estimate of drug-likeness (QED) is 0.430. The van der Waals surface area contributed by atoms with Gasteiger partial charge in [-0.2, -0.15) is 0 Å². The molecule has 1 atom stereocenters. The SMILES string of the molecule is COCCNCC(O)CS(=O)(=O)CC(=O)OC(C)(C)C.